The minimum Gasteiger partial charge on any atom is -0.385 e. The predicted molar refractivity (Wildman–Crippen MR) is 127 cm³/mol. The van der Waals surface area contributed by atoms with Gasteiger partial charge in [-0.1, -0.05) is 42.2 Å². The van der Waals surface area contributed by atoms with Gasteiger partial charge in [0.2, 0.25) is 0 Å². The van der Waals surface area contributed by atoms with Crippen molar-refractivity contribution in [3.8, 4) is 0 Å². The summed E-state index contributed by atoms with van der Waals surface area (Å²) in [4.78, 5) is 30.7. The van der Waals surface area contributed by atoms with Gasteiger partial charge in [-0.05, 0) is 31.4 Å². The fourth-order valence-electron chi connectivity index (χ4n) is 4.11. The highest BCUT2D eigenvalue weighted by atomic mass is 32.2. The number of thioether (sulfide) groups is 1. The number of aryl methyl sites for hydroxylation is 1. The normalized spacial score (nSPS) is 18.4. The molecular weight excluding hydrogens is 418 g/mol. The fraction of sp³-hybridized carbons (Fsp3) is 0.409. The van der Waals surface area contributed by atoms with Crippen molar-refractivity contribution in [1.29, 1.82) is 0 Å². The summed E-state index contributed by atoms with van der Waals surface area (Å²) in [5.41, 5.74) is 2.29. The lowest BCUT2D eigenvalue weighted by Crippen LogP contribution is -2.30. The minimum absolute atomic E-state index is 0.0970. The summed E-state index contributed by atoms with van der Waals surface area (Å²) < 4.78 is 7.28. The maximum absolute atomic E-state index is 13.3. The van der Waals surface area contributed by atoms with Gasteiger partial charge in [0.05, 0.1) is 21.7 Å². The van der Waals surface area contributed by atoms with Crippen LogP contribution in [0.3, 0.4) is 0 Å². The predicted octanol–water partition coefficient (Wildman–Crippen LogP) is 3.38. The third-order valence-electron chi connectivity index (χ3n) is 5.61. The zero-order chi connectivity index (χ0) is 21.3. The van der Waals surface area contributed by atoms with Crippen LogP contribution >= 0.6 is 24.0 Å². The quantitative estimate of drug-likeness (QED) is 0.388. The van der Waals surface area contributed by atoms with Crippen molar-refractivity contribution >= 4 is 56.9 Å². The average Bonchev–Trinajstić information content (AvgIpc) is 3.36. The summed E-state index contributed by atoms with van der Waals surface area (Å²) in [6.07, 6.45) is 4.67. The third-order valence-corrected chi connectivity index (χ3v) is 6.99. The van der Waals surface area contributed by atoms with E-state index in [1.807, 2.05) is 18.2 Å². The lowest BCUT2D eigenvalue weighted by atomic mass is 10.1. The van der Waals surface area contributed by atoms with Gasteiger partial charge in [-0.25, -0.2) is 0 Å². The topological polar surface area (TPSA) is 54.8 Å². The largest absolute Gasteiger partial charge is 0.385 e. The molecule has 2 aliphatic rings. The Morgan fingerprint density at radius 3 is 2.67 bits per heavy atom. The van der Waals surface area contributed by atoms with Crippen LogP contribution in [0.5, 0.6) is 0 Å². The van der Waals surface area contributed by atoms with Gasteiger partial charge in [0.25, 0.3) is 11.5 Å². The van der Waals surface area contributed by atoms with E-state index in [1.165, 1.54) is 11.8 Å². The molecule has 2 fully saturated rings. The fourth-order valence-corrected chi connectivity index (χ4v) is 5.40. The molecule has 0 bridgehead atoms. The number of pyridine rings is 1. The van der Waals surface area contributed by atoms with Crippen LogP contribution in [-0.4, -0.2) is 53.0 Å². The smallest absolute Gasteiger partial charge is 0.266 e. The van der Waals surface area contributed by atoms with Crippen LogP contribution in [0.4, 0.5) is 5.69 Å². The van der Waals surface area contributed by atoms with Crippen LogP contribution < -0.4 is 10.5 Å². The van der Waals surface area contributed by atoms with Crippen LogP contribution in [0.15, 0.2) is 34.0 Å². The van der Waals surface area contributed by atoms with Gasteiger partial charge in [-0.3, -0.25) is 14.5 Å². The first-order chi connectivity index (χ1) is 14.5. The molecule has 0 unspecified atom stereocenters. The van der Waals surface area contributed by atoms with Gasteiger partial charge in [0, 0.05) is 45.8 Å². The van der Waals surface area contributed by atoms with E-state index in [9.17, 15) is 9.59 Å². The molecule has 1 amide bonds. The molecule has 0 atom stereocenters. The molecule has 2 saturated heterocycles. The van der Waals surface area contributed by atoms with Crippen LogP contribution in [0.2, 0.25) is 0 Å². The third kappa shape index (κ3) is 3.79. The number of fused-ring (bicyclic) bond motifs is 1. The number of benzene rings is 1. The van der Waals surface area contributed by atoms with Crippen LogP contribution in [0, 0.1) is 0 Å². The standard InChI is InChI=1S/C22H25N3O3S2/c1-23-17-9-4-3-8-15(17)19(24-10-5-6-11-24)16(20(23)26)14-18-21(27)25(22(29)30-18)12-7-13-28-2/h3-4,8-9,14H,5-7,10-13H2,1-2H3. The summed E-state index contributed by atoms with van der Waals surface area (Å²) in [6, 6.07) is 7.96. The number of ether oxygens (including phenoxy) is 1. The molecule has 0 aliphatic carbocycles. The number of rotatable bonds is 6. The number of carbonyl (C=O) groups is 1. The molecule has 4 rings (SSSR count). The van der Waals surface area contributed by atoms with Gasteiger partial charge in [-0.15, -0.1) is 0 Å². The second-order valence-electron chi connectivity index (χ2n) is 7.52. The summed E-state index contributed by atoms with van der Waals surface area (Å²) in [6.45, 7) is 2.91. The average molecular weight is 444 g/mol. The molecule has 1 aromatic carbocycles. The Morgan fingerprint density at radius 1 is 1.20 bits per heavy atom. The lowest BCUT2D eigenvalue weighted by molar-refractivity contribution is -0.122. The molecule has 0 N–H and O–H groups in total. The summed E-state index contributed by atoms with van der Waals surface area (Å²) in [7, 11) is 3.42. The molecule has 2 aromatic rings. The van der Waals surface area contributed by atoms with Crippen molar-refractivity contribution < 1.29 is 9.53 Å². The van der Waals surface area contributed by atoms with Gasteiger partial charge in [0.1, 0.15) is 4.32 Å². The first-order valence-corrected chi connectivity index (χ1v) is 11.4. The van der Waals surface area contributed by atoms with E-state index in [4.69, 9.17) is 17.0 Å². The Hall–Kier alpha value is -2.16. The molecule has 2 aliphatic heterocycles. The number of aromatic nitrogens is 1. The molecule has 30 heavy (non-hydrogen) atoms. The van der Waals surface area contributed by atoms with Crippen molar-refractivity contribution in [2.24, 2.45) is 7.05 Å². The zero-order valence-electron chi connectivity index (χ0n) is 17.2. The summed E-state index contributed by atoms with van der Waals surface area (Å²) >= 11 is 6.70. The summed E-state index contributed by atoms with van der Waals surface area (Å²) in [5.74, 6) is -0.135. The molecule has 158 valence electrons. The highest BCUT2D eigenvalue weighted by molar-refractivity contribution is 8.26. The van der Waals surface area contributed by atoms with E-state index in [0.717, 1.165) is 42.5 Å². The SMILES string of the molecule is COCCCN1C(=O)C(=Cc2c(N3CCCC3)c3ccccc3n(C)c2=O)SC1=S. The first-order valence-electron chi connectivity index (χ1n) is 10.1. The van der Waals surface area contributed by atoms with E-state index in [0.29, 0.717) is 34.4 Å². The van der Waals surface area contributed by atoms with E-state index >= 15 is 0 Å². The van der Waals surface area contributed by atoms with Crippen molar-refractivity contribution in [1.82, 2.24) is 9.47 Å². The van der Waals surface area contributed by atoms with Crippen molar-refractivity contribution in [3.63, 3.8) is 0 Å². The maximum atomic E-state index is 13.3. The Balaban J connectivity index is 1.82. The van der Waals surface area contributed by atoms with Crippen molar-refractivity contribution in [2.75, 3.05) is 38.3 Å². The van der Waals surface area contributed by atoms with E-state index in [1.54, 1.807) is 29.7 Å². The second kappa shape index (κ2) is 8.91. The Kier molecular flexibility index (Phi) is 6.26. The Labute approximate surface area is 185 Å². The summed E-state index contributed by atoms with van der Waals surface area (Å²) in [5, 5.41) is 1.03. The number of nitrogens with zero attached hydrogens (tertiary/aromatic N) is 3. The van der Waals surface area contributed by atoms with Gasteiger partial charge in [0.15, 0.2) is 0 Å². The van der Waals surface area contributed by atoms with Crippen molar-refractivity contribution in [2.45, 2.75) is 19.3 Å². The number of amides is 1. The monoisotopic (exact) mass is 443 g/mol. The first kappa shape index (κ1) is 21.1. The number of methoxy groups -OCH3 is 1. The van der Waals surface area contributed by atoms with Gasteiger partial charge in [-0.2, -0.15) is 0 Å². The molecule has 1 aromatic heterocycles. The van der Waals surface area contributed by atoms with E-state index in [-0.39, 0.29) is 11.5 Å². The second-order valence-corrected chi connectivity index (χ2v) is 9.19. The molecule has 0 saturated carbocycles. The Bertz CT molecular complexity index is 1090. The highest BCUT2D eigenvalue weighted by Gasteiger charge is 2.32. The molecule has 3 heterocycles. The number of thiocarbonyl (C=S) groups is 1. The number of carbonyl (C=O) groups excluding carboxylic acids is 1. The number of anilines is 1. The zero-order valence-corrected chi connectivity index (χ0v) is 18.9. The number of hydrogen-bond donors (Lipinski definition) is 0. The minimum atomic E-state index is -0.135. The van der Waals surface area contributed by atoms with Crippen LogP contribution in [-0.2, 0) is 16.6 Å². The van der Waals surface area contributed by atoms with E-state index in [2.05, 4.69) is 11.0 Å². The molecule has 0 spiro atoms. The highest BCUT2D eigenvalue weighted by Crippen LogP contribution is 2.36. The van der Waals surface area contributed by atoms with Crippen molar-refractivity contribution in [3.05, 3.63) is 45.1 Å². The van der Waals surface area contributed by atoms with Crippen LogP contribution in [0.1, 0.15) is 24.8 Å². The van der Waals surface area contributed by atoms with Gasteiger partial charge < -0.3 is 14.2 Å². The number of hydrogen-bond acceptors (Lipinski definition) is 6. The molecular formula is C22H25N3O3S2. The van der Waals surface area contributed by atoms with E-state index < -0.39 is 0 Å². The maximum Gasteiger partial charge on any atom is 0.266 e. The van der Waals surface area contributed by atoms with Crippen LogP contribution in [0.25, 0.3) is 17.0 Å². The molecule has 0 radical (unpaired) electrons. The Morgan fingerprint density at radius 2 is 1.93 bits per heavy atom. The van der Waals surface area contributed by atoms with Gasteiger partial charge >= 0.3 is 0 Å². The molecule has 6 nitrogen and oxygen atoms in total. The lowest BCUT2D eigenvalue weighted by Gasteiger charge is -2.23. The number of para-hydroxylation sites is 1. The molecule has 8 heteroatoms.